The zero-order valence-electron chi connectivity index (χ0n) is 38.4. The fourth-order valence-electron chi connectivity index (χ4n) is 5.14. The number of sulfonamides is 2. The molecule has 2 aromatic heterocycles. The van der Waals surface area contributed by atoms with Gasteiger partial charge in [0.15, 0.2) is 0 Å². The maximum atomic E-state index is 13.1. The van der Waals surface area contributed by atoms with Gasteiger partial charge in [0.25, 0.3) is 18.3 Å². The zero-order chi connectivity index (χ0) is 51.1. The van der Waals surface area contributed by atoms with E-state index in [1.165, 1.54) is 75.1 Å². The second-order valence-electron chi connectivity index (χ2n) is 13.2. The third kappa shape index (κ3) is 22.1. The van der Waals surface area contributed by atoms with E-state index < -0.39 is 37.8 Å². The number of amides is 2. The van der Waals surface area contributed by atoms with E-state index in [1.54, 1.807) is 37.3 Å². The summed E-state index contributed by atoms with van der Waals surface area (Å²) in [5.41, 5.74) is 3.20. The Morgan fingerprint density at radius 2 is 1.10 bits per heavy atom. The molecule has 0 saturated heterocycles. The number of methoxy groups -OCH3 is 2. The first-order valence-corrected chi connectivity index (χ1v) is 24.2. The summed E-state index contributed by atoms with van der Waals surface area (Å²) in [6.45, 7) is 1.62. The summed E-state index contributed by atoms with van der Waals surface area (Å²) in [4.78, 5) is 42.9. The van der Waals surface area contributed by atoms with Crippen LogP contribution in [0.3, 0.4) is 0 Å². The number of aromatic hydroxyl groups is 1. The first kappa shape index (κ1) is 66.4. The normalized spacial score (nSPS) is 10.3. The molecule has 6 aromatic rings. The van der Waals surface area contributed by atoms with E-state index in [0.29, 0.717) is 53.8 Å². The summed E-state index contributed by atoms with van der Waals surface area (Å²) >= 11 is 35.3. The Morgan fingerprint density at radius 1 is 0.686 bits per heavy atom. The molecule has 3 N–H and O–H groups in total. The number of phenols is 1. The van der Waals surface area contributed by atoms with E-state index in [4.69, 9.17) is 99.0 Å². The molecule has 6 rings (SSSR count). The monoisotopic (exact) mass is 1360 g/mol. The van der Waals surface area contributed by atoms with Gasteiger partial charge in [-0.05, 0) is 91.3 Å². The third-order valence-corrected chi connectivity index (χ3v) is 10.9. The van der Waals surface area contributed by atoms with E-state index in [0.717, 1.165) is 18.1 Å². The molecule has 0 bridgehead atoms. The number of phenolic OH excluding ortho intramolecular Hbond substituents is 1. The van der Waals surface area contributed by atoms with Crippen LogP contribution in [0.5, 0.6) is 28.9 Å². The van der Waals surface area contributed by atoms with Crippen molar-refractivity contribution in [1.82, 2.24) is 19.4 Å². The summed E-state index contributed by atoms with van der Waals surface area (Å²) in [6, 6.07) is 19.4. The molecular formula is C42H35Cl6Cs2FN4O13S2. The quantitative estimate of drug-likeness (QED) is 0.0731. The van der Waals surface area contributed by atoms with Crippen molar-refractivity contribution in [3.8, 4) is 51.1 Å². The Bertz CT molecular complexity index is 3020. The molecule has 0 atom stereocenters. The number of ether oxygens (including phenoxy) is 3. The third-order valence-electron chi connectivity index (χ3n) is 8.06. The summed E-state index contributed by atoms with van der Waals surface area (Å²) in [5.74, 6) is -1.12. The average molecular weight is 1370 g/mol. The van der Waals surface area contributed by atoms with Gasteiger partial charge in [0.05, 0.1) is 31.8 Å². The predicted molar refractivity (Wildman–Crippen MR) is 255 cm³/mol. The van der Waals surface area contributed by atoms with Gasteiger partial charge in [0.1, 0.15) is 28.0 Å². The van der Waals surface area contributed by atoms with Crippen molar-refractivity contribution in [2.24, 2.45) is 0 Å². The second kappa shape index (κ2) is 31.3. The molecule has 0 radical (unpaired) electrons. The maximum absolute atomic E-state index is 13.1. The van der Waals surface area contributed by atoms with Crippen LogP contribution in [0.25, 0.3) is 22.3 Å². The number of nitrogens with zero attached hydrogens (tertiary/aromatic N) is 2. The predicted octanol–water partition coefficient (Wildman–Crippen LogP) is 3.00. The van der Waals surface area contributed by atoms with Crippen LogP contribution >= 0.6 is 69.6 Å². The molecule has 0 aliphatic carbocycles. The van der Waals surface area contributed by atoms with Gasteiger partial charge in [-0.3, -0.25) is 14.4 Å². The summed E-state index contributed by atoms with van der Waals surface area (Å²) < 4.78 is 77.9. The Labute approximate surface area is 550 Å². The van der Waals surface area contributed by atoms with Gasteiger partial charge in [-0.25, -0.2) is 36.2 Å². The SMILES string of the molecule is COc1cc(C(=O)NS(C)(=O)=O)ccc1-c1cnc(F)c(Cl)c1.COc1cc(C(=O)NS(C)(=O)=O)ccc1-c1cnc(Oc2cc(Cl)cc(Cl)c2)c(Cl)c1.Cc1c(Cl)cc(O)cc1Cl.O=CO[O-].[Cs+].[Cs+].[H-]. The molecule has 0 fully saturated rings. The molecule has 28 heteroatoms. The molecule has 0 spiro atoms. The molecule has 4 aromatic carbocycles. The Morgan fingerprint density at radius 3 is 1.47 bits per heavy atom. The number of pyridine rings is 2. The van der Waals surface area contributed by atoms with Crippen molar-refractivity contribution in [3.05, 3.63) is 144 Å². The van der Waals surface area contributed by atoms with Crippen molar-refractivity contribution in [1.29, 1.82) is 0 Å². The Balaban J connectivity index is 0.00000107. The van der Waals surface area contributed by atoms with Gasteiger partial charge in [-0.1, -0.05) is 69.6 Å². The van der Waals surface area contributed by atoms with Gasteiger partial charge in [-0.2, -0.15) is 4.39 Å². The molecular weight excluding hydrogens is 1330 g/mol. The molecule has 17 nitrogen and oxygen atoms in total. The maximum Gasteiger partial charge on any atom is 1.00 e. The summed E-state index contributed by atoms with van der Waals surface area (Å²) in [6.07, 6.45) is 4.56. The number of hydrogen-bond donors (Lipinski definition) is 3. The van der Waals surface area contributed by atoms with E-state index in [2.05, 4.69) is 14.9 Å². The number of hydrogen-bond acceptors (Lipinski definition) is 15. The molecule has 364 valence electrons. The molecule has 70 heavy (non-hydrogen) atoms. The molecule has 0 unspecified atom stereocenters. The van der Waals surface area contributed by atoms with E-state index in [9.17, 15) is 30.8 Å². The minimum Gasteiger partial charge on any atom is -1.00 e. The van der Waals surface area contributed by atoms with Crippen molar-refractivity contribution in [3.63, 3.8) is 0 Å². The topological polar surface area (TPSA) is 250 Å². The van der Waals surface area contributed by atoms with Crippen molar-refractivity contribution < 1.29 is 204 Å². The van der Waals surface area contributed by atoms with Gasteiger partial charge in [0.2, 0.25) is 31.9 Å². The number of rotatable bonds is 11. The van der Waals surface area contributed by atoms with E-state index in [1.807, 2.05) is 9.44 Å². The molecule has 0 aliphatic rings. The van der Waals surface area contributed by atoms with E-state index in [-0.39, 0.29) is 184 Å². The molecule has 2 heterocycles. The van der Waals surface area contributed by atoms with Gasteiger partial charge in [-0.15, -0.1) is 0 Å². The molecule has 2 amide bonds. The van der Waals surface area contributed by atoms with Crippen LogP contribution in [-0.4, -0.2) is 76.9 Å². The van der Waals surface area contributed by atoms with Crippen LogP contribution in [0.15, 0.2) is 91.3 Å². The summed E-state index contributed by atoms with van der Waals surface area (Å²) in [5, 5.41) is 19.2. The fourth-order valence-corrected chi connectivity index (χ4v) is 7.41. The zero-order valence-corrected chi connectivity index (χ0v) is 56.2. The standard InChI is InChI=1S/C20H15Cl3N2O5S.C14H12ClFN2O4S.C7H6Cl2O.CH2O3.2Cs.H/c1-29-18-6-11(19(26)25-31(2,27)28)3-4-16(18)12-5-17(23)20(24-10-12)30-15-8-13(21)7-14(22)9-15;1-22-12-6-8(14(19)18-23(2,20)21)3-4-10(12)9-5-11(15)13(16)17-7-9;1-4-6(8)2-5(10)3-7(4)9;2-1-4-3;;;/h3-10H,1-2H3,(H,25,26);3-7H,1-2H3,(H,18,19);2-3,10H,1H3;1,3H;;;/q;;;;2*+1;-1/p-1. The number of aromatic nitrogens is 2. The van der Waals surface area contributed by atoms with Gasteiger partial charge in [0, 0.05) is 65.9 Å². The summed E-state index contributed by atoms with van der Waals surface area (Å²) in [7, 11) is -4.56. The minimum absolute atomic E-state index is 0. The number of benzene rings is 4. The fraction of sp³-hybridized carbons (Fsp3) is 0.119. The van der Waals surface area contributed by atoms with Crippen LogP contribution in [-0.2, 0) is 29.7 Å². The Kier molecular flexibility index (Phi) is 29.7. The first-order valence-electron chi connectivity index (χ1n) is 18.2. The van der Waals surface area contributed by atoms with Crippen molar-refractivity contribution in [2.45, 2.75) is 6.92 Å². The first-order chi connectivity index (χ1) is 31.8. The van der Waals surface area contributed by atoms with Crippen molar-refractivity contribution in [2.75, 3.05) is 26.7 Å². The van der Waals surface area contributed by atoms with Crippen LogP contribution in [0, 0.1) is 12.9 Å². The van der Waals surface area contributed by atoms with Gasteiger partial charge >= 0.3 is 138 Å². The number of nitrogens with one attached hydrogen (secondary N) is 2. The molecule has 0 aliphatic heterocycles. The number of carbonyl (C=O) groups is 3. The van der Waals surface area contributed by atoms with E-state index >= 15 is 0 Å². The van der Waals surface area contributed by atoms with Crippen molar-refractivity contribution >= 4 is 108 Å². The average Bonchev–Trinajstić information content (AvgIpc) is 3.25. The Hall–Kier alpha value is -1.58. The van der Waals surface area contributed by atoms with Crippen LogP contribution < -0.4 is 167 Å². The minimum atomic E-state index is -3.69. The number of halogens is 7. The van der Waals surface area contributed by atoms with Crippen LogP contribution in [0.4, 0.5) is 4.39 Å². The molecule has 0 saturated carbocycles. The van der Waals surface area contributed by atoms with Crippen LogP contribution in [0.1, 0.15) is 27.7 Å². The second-order valence-corrected chi connectivity index (χ2v) is 19.2. The van der Waals surface area contributed by atoms with Gasteiger partial charge < -0.3 is 30.9 Å². The smallest absolute Gasteiger partial charge is 1.00 e. The number of carbonyl (C=O) groups excluding carboxylic acids is 3. The largest absolute Gasteiger partial charge is 1.00 e. The van der Waals surface area contributed by atoms with Crippen LogP contribution in [0.2, 0.25) is 30.1 Å².